The molecule has 0 bridgehead atoms. The van der Waals surface area contributed by atoms with Gasteiger partial charge in [0, 0.05) is 24.5 Å². The summed E-state index contributed by atoms with van der Waals surface area (Å²) in [6.07, 6.45) is 3.72. The smallest absolute Gasteiger partial charge is 0.326 e. The quantitative estimate of drug-likeness (QED) is 0.280. The minimum Gasteiger partial charge on any atom is -0.493 e. The Kier molecular flexibility index (Phi) is 8.49. The number of hydrogen-bond acceptors (Lipinski definition) is 5. The molecule has 37 heavy (non-hydrogen) atoms. The van der Waals surface area contributed by atoms with E-state index in [1.54, 1.807) is 30.3 Å². The largest absolute Gasteiger partial charge is 0.493 e. The summed E-state index contributed by atoms with van der Waals surface area (Å²) in [4.78, 5) is 28.5. The van der Waals surface area contributed by atoms with Gasteiger partial charge in [0.1, 0.15) is 17.6 Å². The summed E-state index contributed by atoms with van der Waals surface area (Å²) < 4.78 is 11.6. The van der Waals surface area contributed by atoms with Gasteiger partial charge in [0.15, 0.2) is 0 Å². The Morgan fingerprint density at radius 2 is 1.68 bits per heavy atom. The minimum atomic E-state index is -1.10. The number of oxazole rings is 1. The summed E-state index contributed by atoms with van der Waals surface area (Å²) in [5.41, 5.74) is 3.40. The average Bonchev–Trinajstić information content (AvgIpc) is 3.29. The third-order valence-electron chi connectivity index (χ3n) is 5.73. The molecule has 0 saturated carbocycles. The first-order valence-electron chi connectivity index (χ1n) is 12.0. The van der Waals surface area contributed by atoms with Crippen molar-refractivity contribution in [1.82, 2.24) is 10.3 Å². The predicted molar refractivity (Wildman–Crippen MR) is 141 cm³/mol. The summed E-state index contributed by atoms with van der Waals surface area (Å²) in [5.74, 6) is 0.454. The van der Waals surface area contributed by atoms with Crippen molar-refractivity contribution in [1.29, 1.82) is 0 Å². The molecule has 0 aliphatic heterocycles. The summed E-state index contributed by atoms with van der Waals surface area (Å²) in [6, 6.07) is 25.2. The van der Waals surface area contributed by atoms with Crippen LogP contribution in [0.2, 0.25) is 0 Å². The monoisotopic (exact) mass is 496 g/mol. The van der Waals surface area contributed by atoms with E-state index in [4.69, 9.17) is 9.15 Å². The number of nitrogens with zero attached hydrogens (tertiary/aromatic N) is 1. The van der Waals surface area contributed by atoms with E-state index in [0.717, 1.165) is 28.1 Å². The number of carbonyl (C=O) groups is 2. The zero-order valence-corrected chi connectivity index (χ0v) is 20.5. The zero-order valence-electron chi connectivity index (χ0n) is 20.5. The van der Waals surface area contributed by atoms with Crippen molar-refractivity contribution in [2.75, 3.05) is 6.61 Å². The van der Waals surface area contributed by atoms with E-state index in [0.29, 0.717) is 24.7 Å². The lowest BCUT2D eigenvalue weighted by Crippen LogP contribution is -2.41. The maximum Gasteiger partial charge on any atom is 0.326 e. The van der Waals surface area contributed by atoms with Crippen molar-refractivity contribution >= 4 is 18.0 Å². The zero-order chi connectivity index (χ0) is 26.0. The highest BCUT2D eigenvalue weighted by molar-refractivity contribution is 5.94. The van der Waals surface area contributed by atoms with Crippen LogP contribution in [0.4, 0.5) is 0 Å². The van der Waals surface area contributed by atoms with Gasteiger partial charge in [0.05, 0.1) is 12.3 Å². The summed E-state index contributed by atoms with van der Waals surface area (Å²) >= 11 is 0. The van der Waals surface area contributed by atoms with E-state index < -0.39 is 17.9 Å². The van der Waals surface area contributed by atoms with Crippen LogP contribution in [0.15, 0.2) is 95.4 Å². The lowest BCUT2D eigenvalue weighted by atomic mass is 10.1. The number of benzene rings is 3. The number of carbonyl (C=O) groups excluding carboxylic acids is 1. The number of aryl methyl sites for hydroxylation is 1. The highest BCUT2D eigenvalue weighted by atomic mass is 16.5. The Hall–Kier alpha value is -4.65. The van der Waals surface area contributed by atoms with Crippen LogP contribution < -0.4 is 10.1 Å². The fraction of sp³-hybridized carbons (Fsp3) is 0.167. The fourth-order valence-corrected chi connectivity index (χ4v) is 3.74. The third kappa shape index (κ3) is 7.41. The Bertz CT molecular complexity index is 1350. The van der Waals surface area contributed by atoms with Crippen LogP contribution in [0, 0.1) is 6.92 Å². The molecule has 0 aliphatic carbocycles. The lowest BCUT2D eigenvalue weighted by molar-refractivity contribution is -0.141. The molecular weight excluding hydrogens is 468 g/mol. The van der Waals surface area contributed by atoms with Crippen LogP contribution in [-0.4, -0.2) is 34.6 Å². The van der Waals surface area contributed by atoms with Gasteiger partial charge in [-0.1, -0.05) is 60.7 Å². The molecule has 7 nitrogen and oxygen atoms in total. The van der Waals surface area contributed by atoms with E-state index in [2.05, 4.69) is 10.3 Å². The number of ether oxygens (including phenoxy) is 1. The SMILES string of the molecule is Cc1oc(-c2ccccc2)nc1CCOc1ccc(C[C@H](NC(=O)C=Cc2ccccc2)C(=O)O)cc1. The fourth-order valence-electron chi connectivity index (χ4n) is 3.74. The van der Waals surface area contributed by atoms with Crippen molar-refractivity contribution in [3.8, 4) is 17.2 Å². The molecule has 0 saturated heterocycles. The van der Waals surface area contributed by atoms with Gasteiger partial charge in [-0.25, -0.2) is 9.78 Å². The van der Waals surface area contributed by atoms with Gasteiger partial charge in [-0.15, -0.1) is 0 Å². The number of aliphatic carboxylic acids is 1. The summed E-state index contributed by atoms with van der Waals surface area (Å²) in [7, 11) is 0. The summed E-state index contributed by atoms with van der Waals surface area (Å²) in [5, 5.41) is 12.1. The molecule has 2 N–H and O–H groups in total. The average molecular weight is 497 g/mol. The number of amides is 1. The number of aromatic nitrogens is 1. The molecule has 0 fully saturated rings. The highest BCUT2D eigenvalue weighted by Crippen LogP contribution is 2.22. The van der Waals surface area contributed by atoms with Crippen molar-refractivity contribution in [3.05, 3.63) is 114 Å². The molecule has 0 aliphatic rings. The van der Waals surface area contributed by atoms with Gasteiger partial charge in [-0.2, -0.15) is 0 Å². The third-order valence-corrected chi connectivity index (χ3v) is 5.73. The van der Waals surface area contributed by atoms with Crippen molar-refractivity contribution in [2.45, 2.75) is 25.8 Å². The van der Waals surface area contributed by atoms with Crippen LogP contribution in [0.5, 0.6) is 5.75 Å². The molecule has 3 aromatic carbocycles. The van der Waals surface area contributed by atoms with Crippen LogP contribution in [-0.2, 0) is 22.4 Å². The highest BCUT2D eigenvalue weighted by Gasteiger charge is 2.19. The molecule has 7 heteroatoms. The predicted octanol–water partition coefficient (Wildman–Crippen LogP) is 5.10. The molecular formula is C30H28N2O5. The van der Waals surface area contributed by atoms with E-state index in [9.17, 15) is 14.7 Å². The number of hydrogen-bond donors (Lipinski definition) is 2. The molecule has 1 heterocycles. The van der Waals surface area contributed by atoms with Crippen molar-refractivity contribution < 1.29 is 23.8 Å². The van der Waals surface area contributed by atoms with Gasteiger partial charge in [-0.3, -0.25) is 4.79 Å². The Labute approximate surface area is 215 Å². The number of nitrogens with one attached hydrogen (secondary N) is 1. The molecule has 1 amide bonds. The first kappa shape index (κ1) is 25.4. The molecule has 0 radical (unpaired) electrons. The summed E-state index contributed by atoms with van der Waals surface area (Å²) in [6.45, 7) is 2.31. The van der Waals surface area contributed by atoms with Crippen molar-refractivity contribution in [3.63, 3.8) is 0 Å². The van der Waals surface area contributed by atoms with E-state index in [-0.39, 0.29) is 6.42 Å². The Balaban J connectivity index is 1.28. The normalized spacial score (nSPS) is 11.8. The van der Waals surface area contributed by atoms with Crippen LogP contribution in [0.3, 0.4) is 0 Å². The van der Waals surface area contributed by atoms with E-state index >= 15 is 0 Å². The molecule has 0 unspecified atom stereocenters. The molecule has 1 atom stereocenters. The van der Waals surface area contributed by atoms with Gasteiger partial charge in [0.2, 0.25) is 11.8 Å². The van der Waals surface area contributed by atoms with Crippen molar-refractivity contribution in [2.24, 2.45) is 0 Å². The molecule has 0 spiro atoms. The van der Waals surface area contributed by atoms with Gasteiger partial charge in [-0.05, 0) is 48.4 Å². The maximum atomic E-state index is 12.2. The Morgan fingerprint density at radius 3 is 2.35 bits per heavy atom. The molecule has 4 rings (SSSR count). The minimum absolute atomic E-state index is 0.154. The topological polar surface area (TPSA) is 102 Å². The standard InChI is InChI=1S/C30H28N2O5/c1-21-26(32-29(37-21)24-10-6-3-7-11-24)18-19-36-25-15-12-23(13-16-25)20-27(30(34)35)31-28(33)17-14-22-8-4-2-5-9-22/h2-17,27H,18-20H2,1H3,(H,31,33)(H,34,35)/t27-/m0/s1. The van der Waals surface area contributed by atoms with Gasteiger partial charge >= 0.3 is 5.97 Å². The second-order valence-electron chi connectivity index (χ2n) is 8.48. The first-order chi connectivity index (χ1) is 18.0. The lowest BCUT2D eigenvalue weighted by Gasteiger charge is -2.14. The molecule has 4 aromatic rings. The first-order valence-corrected chi connectivity index (χ1v) is 12.0. The second-order valence-corrected chi connectivity index (χ2v) is 8.48. The number of rotatable bonds is 11. The number of carboxylic acids is 1. The number of carboxylic acid groups (broad SMARTS) is 1. The second kappa shape index (κ2) is 12.4. The molecule has 188 valence electrons. The van der Waals surface area contributed by atoms with Crippen LogP contribution >= 0.6 is 0 Å². The van der Waals surface area contributed by atoms with E-state index in [1.165, 1.54) is 6.08 Å². The van der Waals surface area contributed by atoms with Gasteiger partial charge < -0.3 is 19.6 Å². The van der Waals surface area contributed by atoms with Crippen LogP contribution in [0.25, 0.3) is 17.5 Å². The maximum absolute atomic E-state index is 12.2. The van der Waals surface area contributed by atoms with Crippen LogP contribution in [0.1, 0.15) is 22.6 Å². The molecule has 1 aromatic heterocycles. The Morgan fingerprint density at radius 1 is 1.00 bits per heavy atom. The van der Waals surface area contributed by atoms with E-state index in [1.807, 2.05) is 67.6 Å². The van der Waals surface area contributed by atoms with Gasteiger partial charge in [0.25, 0.3) is 0 Å².